The Morgan fingerprint density at radius 2 is 2.06 bits per heavy atom. The Morgan fingerprint density at radius 3 is 2.62 bits per heavy atom. The van der Waals surface area contributed by atoms with Gasteiger partial charge in [0.2, 0.25) is 0 Å². The number of hydrogen-bond acceptors (Lipinski definition) is 2. The molecule has 0 saturated heterocycles. The first kappa shape index (κ1) is 13.5. The molecule has 90 valence electrons. The maximum Gasteiger partial charge on any atom is 0.0461 e. The van der Waals surface area contributed by atoms with Crippen LogP contribution in [0.15, 0.2) is 22.7 Å². The van der Waals surface area contributed by atoms with Crippen molar-refractivity contribution in [2.45, 2.75) is 26.8 Å². The van der Waals surface area contributed by atoms with Crippen LogP contribution in [0.2, 0.25) is 0 Å². The van der Waals surface area contributed by atoms with Crippen molar-refractivity contribution < 1.29 is 0 Å². The van der Waals surface area contributed by atoms with Crippen LogP contribution < -0.4 is 5.73 Å². The molecular weight excluding hydrogens is 264 g/mol. The second kappa shape index (κ2) is 6.26. The van der Waals surface area contributed by atoms with E-state index >= 15 is 0 Å². The number of rotatable bonds is 5. The highest BCUT2D eigenvalue weighted by Gasteiger charge is 2.03. The molecule has 0 heterocycles. The van der Waals surface area contributed by atoms with E-state index in [1.165, 1.54) is 12.0 Å². The lowest BCUT2D eigenvalue weighted by Gasteiger charge is -2.18. The maximum absolute atomic E-state index is 5.85. The largest absolute Gasteiger partial charge is 0.398 e. The van der Waals surface area contributed by atoms with Gasteiger partial charge in [-0.3, -0.25) is 0 Å². The van der Waals surface area contributed by atoms with Crippen molar-refractivity contribution in [2.75, 3.05) is 19.3 Å². The second-order valence-corrected chi connectivity index (χ2v) is 5.63. The van der Waals surface area contributed by atoms with Gasteiger partial charge in [0.25, 0.3) is 0 Å². The Morgan fingerprint density at radius 1 is 1.38 bits per heavy atom. The van der Waals surface area contributed by atoms with E-state index in [4.69, 9.17) is 5.73 Å². The number of hydrogen-bond donors (Lipinski definition) is 1. The second-order valence-electron chi connectivity index (χ2n) is 4.78. The van der Waals surface area contributed by atoms with Gasteiger partial charge in [0.1, 0.15) is 0 Å². The van der Waals surface area contributed by atoms with E-state index < -0.39 is 0 Å². The molecular formula is C13H21BrN2. The summed E-state index contributed by atoms with van der Waals surface area (Å²) in [5.74, 6) is 0.762. The molecule has 0 amide bonds. The molecule has 0 aliphatic rings. The summed E-state index contributed by atoms with van der Waals surface area (Å²) in [6, 6.07) is 6.17. The minimum Gasteiger partial charge on any atom is -0.398 e. The molecule has 0 radical (unpaired) electrons. The molecule has 2 N–H and O–H groups in total. The summed E-state index contributed by atoms with van der Waals surface area (Å²) in [5.41, 5.74) is 7.94. The highest BCUT2D eigenvalue weighted by molar-refractivity contribution is 9.10. The van der Waals surface area contributed by atoms with Gasteiger partial charge < -0.3 is 10.6 Å². The van der Waals surface area contributed by atoms with Crippen LogP contribution in [0.1, 0.15) is 25.8 Å². The van der Waals surface area contributed by atoms with Crippen LogP contribution in [-0.4, -0.2) is 18.5 Å². The lowest BCUT2D eigenvalue weighted by atomic mass is 10.1. The zero-order chi connectivity index (χ0) is 12.1. The Kier molecular flexibility index (Phi) is 5.29. The predicted molar refractivity (Wildman–Crippen MR) is 74.3 cm³/mol. The van der Waals surface area contributed by atoms with Gasteiger partial charge in [-0.15, -0.1) is 0 Å². The Labute approximate surface area is 107 Å². The maximum atomic E-state index is 5.85. The highest BCUT2D eigenvalue weighted by Crippen LogP contribution is 2.20. The van der Waals surface area contributed by atoms with Crippen LogP contribution in [0, 0.1) is 5.92 Å². The first-order chi connectivity index (χ1) is 7.49. The molecule has 0 saturated carbocycles. The minimum atomic E-state index is 0.762. The van der Waals surface area contributed by atoms with Crippen LogP contribution in [0.3, 0.4) is 0 Å². The van der Waals surface area contributed by atoms with Crippen molar-refractivity contribution in [3.8, 4) is 0 Å². The molecule has 16 heavy (non-hydrogen) atoms. The van der Waals surface area contributed by atoms with Gasteiger partial charge in [0, 0.05) is 16.7 Å². The van der Waals surface area contributed by atoms with Gasteiger partial charge in [-0.2, -0.15) is 0 Å². The lowest BCUT2D eigenvalue weighted by molar-refractivity contribution is 0.303. The number of nitrogens with zero attached hydrogens (tertiary/aromatic N) is 1. The molecule has 0 aliphatic heterocycles. The third kappa shape index (κ3) is 4.54. The molecule has 1 aromatic carbocycles. The molecule has 3 heteroatoms. The summed E-state index contributed by atoms with van der Waals surface area (Å²) in [6.07, 6.45) is 1.24. The van der Waals surface area contributed by atoms with Crippen molar-refractivity contribution in [3.05, 3.63) is 28.2 Å². The molecule has 0 aliphatic carbocycles. The van der Waals surface area contributed by atoms with E-state index in [-0.39, 0.29) is 0 Å². The predicted octanol–water partition coefficient (Wildman–Crippen LogP) is 3.51. The average molecular weight is 285 g/mol. The van der Waals surface area contributed by atoms with E-state index in [1.807, 2.05) is 12.1 Å². The number of nitrogens with two attached hydrogens (primary N) is 1. The fourth-order valence-corrected chi connectivity index (χ4v) is 1.81. The number of benzene rings is 1. The van der Waals surface area contributed by atoms with E-state index in [0.717, 1.165) is 29.2 Å². The lowest BCUT2D eigenvalue weighted by Crippen LogP contribution is -2.20. The van der Waals surface area contributed by atoms with Crippen LogP contribution in [0.4, 0.5) is 5.69 Å². The fraction of sp³-hybridized carbons (Fsp3) is 0.538. The van der Waals surface area contributed by atoms with Gasteiger partial charge in [0.15, 0.2) is 0 Å². The minimum absolute atomic E-state index is 0.762. The monoisotopic (exact) mass is 284 g/mol. The van der Waals surface area contributed by atoms with E-state index in [1.54, 1.807) is 0 Å². The summed E-state index contributed by atoms with van der Waals surface area (Å²) in [6.45, 7) is 6.61. The van der Waals surface area contributed by atoms with Gasteiger partial charge in [0.05, 0.1) is 0 Å². The number of nitrogen functional groups attached to an aromatic ring is 1. The van der Waals surface area contributed by atoms with Crippen molar-refractivity contribution in [3.63, 3.8) is 0 Å². The molecule has 0 aromatic heterocycles. The zero-order valence-corrected chi connectivity index (χ0v) is 11.9. The summed E-state index contributed by atoms with van der Waals surface area (Å²) >= 11 is 3.41. The summed E-state index contributed by atoms with van der Waals surface area (Å²) in [4.78, 5) is 2.34. The van der Waals surface area contributed by atoms with Crippen molar-refractivity contribution >= 4 is 21.6 Å². The molecule has 1 aromatic rings. The SMILES string of the molecule is CC(C)CCN(C)Cc1ccc(Br)c(N)c1. The summed E-state index contributed by atoms with van der Waals surface area (Å²) in [7, 11) is 2.15. The standard InChI is InChI=1S/C13H21BrN2/c1-10(2)6-7-16(3)9-11-4-5-12(14)13(15)8-11/h4-5,8,10H,6-7,9,15H2,1-3H3. The van der Waals surface area contributed by atoms with Crippen molar-refractivity contribution in [1.82, 2.24) is 4.90 Å². The molecule has 0 atom stereocenters. The zero-order valence-electron chi connectivity index (χ0n) is 10.3. The molecule has 1 rings (SSSR count). The summed E-state index contributed by atoms with van der Waals surface area (Å²) in [5, 5.41) is 0. The molecule has 2 nitrogen and oxygen atoms in total. The Hall–Kier alpha value is -0.540. The quantitative estimate of drug-likeness (QED) is 0.839. The van der Waals surface area contributed by atoms with E-state index in [0.29, 0.717) is 0 Å². The smallest absolute Gasteiger partial charge is 0.0461 e. The van der Waals surface area contributed by atoms with Gasteiger partial charge in [-0.1, -0.05) is 19.9 Å². The normalized spacial score (nSPS) is 11.4. The van der Waals surface area contributed by atoms with Crippen molar-refractivity contribution in [2.24, 2.45) is 5.92 Å². The molecule has 0 unspecified atom stereocenters. The first-order valence-electron chi connectivity index (χ1n) is 5.71. The first-order valence-corrected chi connectivity index (χ1v) is 6.50. The van der Waals surface area contributed by atoms with E-state index in [2.05, 4.69) is 47.8 Å². The molecule has 0 spiro atoms. The van der Waals surface area contributed by atoms with Crippen molar-refractivity contribution in [1.29, 1.82) is 0 Å². The fourth-order valence-electron chi connectivity index (χ4n) is 1.56. The Bertz CT molecular complexity index is 337. The summed E-state index contributed by atoms with van der Waals surface area (Å²) < 4.78 is 0.973. The average Bonchev–Trinajstić information content (AvgIpc) is 2.21. The van der Waals surface area contributed by atoms with Crippen LogP contribution in [0.25, 0.3) is 0 Å². The van der Waals surface area contributed by atoms with E-state index in [9.17, 15) is 0 Å². The molecule has 0 fully saturated rings. The van der Waals surface area contributed by atoms with Gasteiger partial charge in [-0.05, 0) is 59.6 Å². The van der Waals surface area contributed by atoms with Gasteiger partial charge >= 0.3 is 0 Å². The highest BCUT2D eigenvalue weighted by atomic mass is 79.9. The topological polar surface area (TPSA) is 29.3 Å². The number of halogens is 1. The Balaban J connectivity index is 2.49. The molecule has 0 bridgehead atoms. The third-order valence-corrected chi connectivity index (χ3v) is 3.32. The van der Waals surface area contributed by atoms with Crippen LogP contribution >= 0.6 is 15.9 Å². The van der Waals surface area contributed by atoms with Gasteiger partial charge in [-0.25, -0.2) is 0 Å². The van der Waals surface area contributed by atoms with Crippen LogP contribution in [0.5, 0.6) is 0 Å². The number of anilines is 1. The third-order valence-electron chi connectivity index (χ3n) is 2.60. The van der Waals surface area contributed by atoms with Crippen LogP contribution in [-0.2, 0) is 6.54 Å².